The van der Waals surface area contributed by atoms with Crippen LogP contribution in [0.2, 0.25) is 0 Å². The highest BCUT2D eigenvalue weighted by molar-refractivity contribution is 5.98. The van der Waals surface area contributed by atoms with E-state index in [0.29, 0.717) is 16.9 Å². The number of carboxylic acids is 1. The smallest absolute Gasteiger partial charge is 0.305 e. The fourth-order valence-corrected chi connectivity index (χ4v) is 3.92. The Labute approximate surface area is 179 Å². The molecule has 0 spiro atoms. The van der Waals surface area contributed by atoms with Gasteiger partial charge in [-0.15, -0.1) is 0 Å². The lowest BCUT2D eigenvalue weighted by molar-refractivity contribution is -0.138. The molecule has 0 saturated heterocycles. The summed E-state index contributed by atoms with van der Waals surface area (Å²) in [4.78, 5) is 28.9. The Morgan fingerprint density at radius 3 is 2.65 bits per heavy atom. The topological polar surface area (TPSA) is 113 Å². The number of hydrogen-bond acceptors (Lipinski definition) is 4. The molecule has 0 aliphatic heterocycles. The number of aromatic amines is 1. The molecule has 4 rings (SSSR count). The largest absolute Gasteiger partial charge is 0.481 e. The molecule has 1 unspecified atom stereocenters. The third kappa shape index (κ3) is 3.76. The van der Waals surface area contributed by atoms with E-state index < -0.39 is 5.97 Å². The maximum absolute atomic E-state index is 12.3. The van der Waals surface area contributed by atoms with Gasteiger partial charge in [0, 0.05) is 23.6 Å². The molecule has 0 bridgehead atoms. The zero-order valence-electron chi connectivity index (χ0n) is 17.9. The van der Waals surface area contributed by atoms with Gasteiger partial charge in [0.2, 0.25) is 0 Å². The standard InChI is InChI=1S/C23H25N5O3/c1-23(2,3)19(11-20(29)30)28-18-10-14(22(31)24-4)7-8-16(18)26-21(28)13-5-6-15-12-25-27-17(15)9-13/h5-10,12,19H,11H2,1-4H3,(H,24,31)(H,25,27)(H,29,30). The molecule has 2 heterocycles. The number of carboxylic acid groups (broad SMARTS) is 1. The minimum atomic E-state index is -0.890. The zero-order chi connectivity index (χ0) is 22.3. The summed E-state index contributed by atoms with van der Waals surface area (Å²) >= 11 is 0. The molecule has 1 atom stereocenters. The van der Waals surface area contributed by atoms with E-state index >= 15 is 0 Å². The van der Waals surface area contributed by atoms with E-state index in [1.54, 1.807) is 31.4 Å². The summed E-state index contributed by atoms with van der Waals surface area (Å²) in [5.74, 6) is -0.443. The Kier molecular flexibility index (Phi) is 5.00. The maximum atomic E-state index is 12.3. The Bertz CT molecular complexity index is 1300. The maximum Gasteiger partial charge on any atom is 0.305 e. The van der Waals surface area contributed by atoms with E-state index in [4.69, 9.17) is 4.98 Å². The molecule has 0 radical (unpaired) electrons. The number of aliphatic carboxylic acids is 1. The third-order valence-corrected chi connectivity index (χ3v) is 5.56. The molecule has 8 nitrogen and oxygen atoms in total. The van der Waals surface area contributed by atoms with Gasteiger partial charge in [-0.05, 0) is 29.7 Å². The van der Waals surface area contributed by atoms with Crippen LogP contribution in [0.1, 0.15) is 43.6 Å². The summed E-state index contributed by atoms with van der Waals surface area (Å²) in [7, 11) is 1.58. The van der Waals surface area contributed by atoms with Crippen LogP contribution in [0.5, 0.6) is 0 Å². The average molecular weight is 419 g/mol. The predicted molar refractivity (Wildman–Crippen MR) is 119 cm³/mol. The van der Waals surface area contributed by atoms with Gasteiger partial charge in [0.05, 0.1) is 35.2 Å². The SMILES string of the molecule is CNC(=O)c1ccc2nc(-c3ccc4cn[nH]c4c3)n(C(CC(=O)O)C(C)(C)C)c2c1. The second kappa shape index (κ2) is 7.54. The Balaban J connectivity index is 2.03. The Morgan fingerprint density at radius 1 is 1.19 bits per heavy atom. The first-order valence-electron chi connectivity index (χ1n) is 10.1. The van der Waals surface area contributed by atoms with E-state index in [2.05, 4.69) is 15.5 Å². The number of H-pyrrole nitrogens is 1. The molecule has 160 valence electrons. The number of fused-ring (bicyclic) bond motifs is 2. The number of nitrogens with zero attached hydrogens (tertiary/aromatic N) is 3. The second-order valence-electron chi connectivity index (χ2n) is 8.74. The molecule has 2 aromatic heterocycles. The fraction of sp³-hybridized carbons (Fsp3) is 0.304. The minimum Gasteiger partial charge on any atom is -0.481 e. The molecule has 0 aliphatic carbocycles. The van der Waals surface area contributed by atoms with Crippen LogP contribution >= 0.6 is 0 Å². The monoisotopic (exact) mass is 419 g/mol. The normalized spacial score (nSPS) is 12.9. The Morgan fingerprint density at radius 2 is 1.97 bits per heavy atom. The second-order valence-corrected chi connectivity index (χ2v) is 8.74. The van der Waals surface area contributed by atoms with E-state index in [1.165, 1.54) is 0 Å². The summed E-state index contributed by atoms with van der Waals surface area (Å²) in [6.07, 6.45) is 1.68. The van der Waals surface area contributed by atoms with Gasteiger partial charge in [0.15, 0.2) is 0 Å². The van der Waals surface area contributed by atoms with E-state index in [1.807, 2.05) is 43.5 Å². The van der Waals surface area contributed by atoms with Crippen LogP contribution < -0.4 is 5.32 Å². The highest BCUT2D eigenvalue weighted by Gasteiger charge is 2.32. The molecule has 1 amide bonds. The van der Waals surface area contributed by atoms with Crippen LogP contribution in [0.3, 0.4) is 0 Å². The van der Waals surface area contributed by atoms with Crippen molar-refractivity contribution in [2.75, 3.05) is 7.05 Å². The molecule has 0 aliphatic rings. The number of carbonyl (C=O) groups is 2. The number of nitrogens with one attached hydrogen (secondary N) is 2. The number of benzene rings is 2. The highest BCUT2D eigenvalue weighted by atomic mass is 16.4. The van der Waals surface area contributed by atoms with Gasteiger partial charge >= 0.3 is 5.97 Å². The van der Waals surface area contributed by atoms with Gasteiger partial charge in [-0.1, -0.05) is 32.9 Å². The number of amides is 1. The molecule has 0 fully saturated rings. The number of imidazole rings is 1. The van der Waals surface area contributed by atoms with Crippen molar-refractivity contribution in [1.29, 1.82) is 0 Å². The molecule has 31 heavy (non-hydrogen) atoms. The quantitative estimate of drug-likeness (QED) is 0.452. The highest BCUT2D eigenvalue weighted by Crippen LogP contribution is 2.40. The summed E-state index contributed by atoms with van der Waals surface area (Å²) in [6, 6.07) is 10.8. The molecule has 3 N–H and O–H groups in total. The summed E-state index contributed by atoms with van der Waals surface area (Å²) in [6.45, 7) is 6.03. The lowest BCUT2D eigenvalue weighted by Gasteiger charge is -2.32. The minimum absolute atomic E-state index is 0.0710. The third-order valence-electron chi connectivity index (χ3n) is 5.56. The Hall–Kier alpha value is -3.68. The van der Waals surface area contributed by atoms with Crippen molar-refractivity contribution < 1.29 is 14.7 Å². The van der Waals surface area contributed by atoms with E-state index in [0.717, 1.165) is 22.0 Å². The number of carbonyl (C=O) groups excluding carboxylic acids is 1. The zero-order valence-corrected chi connectivity index (χ0v) is 17.9. The first kappa shape index (κ1) is 20.6. The van der Waals surface area contributed by atoms with Crippen LogP contribution in [-0.4, -0.2) is 43.8 Å². The van der Waals surface area contributed by atoms with Gasteiger partial charge in [0.1, 0.15) is 5.82 Å². The molecular weight excluding hydrogens is 394 g/mol. The van der Waals surface area contributed by atoms with Crippen molar-refractivity contribution in [3.8, 4) is 11.4 Å². The summed E-state index contributed by atoms with van der Waals surface area (Å²) in [5.41, 5.74) is 3.26. The molecule has 2 aromatic carbocycles. The van der Waals surface area contributed by atoms with Gasteiger partial charge in [-0.25, -0.2) is 4.98 Å². The summed E-state index contributed by atoms with van der Waals surface area (Å²) in [5, 5.41) is 20.3. The molecule has 8 heteroatoms. The van der Waals surface area contributed by atoms with E-state index in [9.17, 15) is 14.7 Å². The van der Waals surface area contributed by atoms with Gasteiger partial charge < -0.3 is 15.0 Å². The number of aromatic nitrogens is 4. The average Bonchev–Trinajstić information content (AvgIpc) is 3.33. The van der Waals surface area contributed by atoms with Crippen LogP contribution in [0, 0.1) is 5.41 Å². The van der Waals surface area contributed by atoms with Gasteiger partial charge in [0.25, 0.3) is 5.91 Å². The van der Waals surface area contributed by atoms with Crippen molar-refractivity contribution >= 4 is 33.8 Å². The number of rotatable bonds is 5. The van der Waals surface area contributed by atoms with Gasteiger partial charge in [-0.2, -0.15) is 5.10 Å². The van der Waals surface area contributed by atoms with Crippen LogP contribution in [0.15, 0.2) is 42.6 Å². The van der Waals surface area contributed by atoms with Crippen LogP contribution in [0.4, 0.5) is 0 Å². The van der Waals surface area contributed by atoms with Crippen molar-refractivity contribution in [1.82, 2.24) is 25.1 Å². The summed E-state index contributed by atoms with van der Waals surface area (Å²) < 4.78 is 1.97. The lowest BCUT2D eigenvalue weighted by Crippen LogP contribution is -2.27. The molecule has 0 saturated carbocycles. The first-order chi connectivity index (χ1) is 14.7. The van der Waals surface area contributed by atoms with Crippen molar-refractivity contribution in [2.45, 2.75) is 33.2 Å². The molecule has 4 aromatic rings. The molecular formula is C23H25N5O3. The van der Waals surface area contributed by atoms with Crippen molar-refractivity contribution in [3.63, 3.8) is 0 Å². The van der Waals surface area contributed by atoms with E-state index in [-0.39, 0.29) is 23.8 Å². The van der Waals surface area contributed by atoms with Crippen molar-refractivity contribution in [2.24, 2.45) is 5.41 Å². The van der Waals surface area contributed by atoms with Crippen LogP contribution in [0.25, 0.3) is 33.3 Å². The first-order valence-corrected chi connectivity index (χ1v) is 10.1. The van der Waals surface area contributed by atoms with Crippen LogP contribution in [-0.2, 0) is 4.79 Å². The van der Waals surface area contributed by atoms with Crippen molar-refractivity contribution in [3.05, 3.63) is 48.2 Å². The fourth-order valence-electron chi connectivity index (χ4n) is 3.92. The number of hydrogen-bond donors (Lipinski definition) is 3. The predicted octanol–water partition coefficient (Wildman–Crippen LogP) is 4.00. The van der Waals surface area contributed by atoms with Gasteiger partial charge in [-0.3, -0.25) is 14.7 Å². The lowest BCUT2D eigenvalue weighted by atomic mass is 9.84.